The molecule has 1 atom stereocenters. The second-order valence-corrected chi connectivity index (χ2v) is 8.80. The molecule has 4 rings (SSSR count). The number of aliphatic hydroxyl groups excluding tert-OH is 1. The van der Waals surface area contributed by atoms with E-state index in [1.165, 1.54) is 36.4 Å². The number of hydrogen-bond donors (Lipinski definition) is 1. The van der Waals surface area contributed by atoms with Gasteiger partial charge >= 0.3 is 0 Å². The van der Waals surface area contributed by atoms with Gasteiger partial charge in [0, 0.05) is 16.8 Å². The largest absolute Gasteiger partial charge is 0.507 e. The Labute approximate surface area is 206 Å². The highest BCUT2D eigenvalue weighted by Crippen LogP contribution is 2.44. The molecule has 1 fully saturated rings. The molecule has 1 heterocycles. The third kappa shape index (κ3) is 4.39. The van der Waals surface area contributed by atoms with E-state index in [2.05, 4.69) is 0 Å². The molecular formula is C26H20Cl2FNO4. The van der Waals surface area contributed by atoms with Crippen LogP contribution in [0.4, 0.5) is 10.1 Å². The molecule has 0 bridgehead atoms. The molecule has 1 aliphatic heterocycles. The summed E-state index contributed by atoms with van der Waals surface area (Å²) in [6.45, 7) is 3.71. The summed E-state index contributed by atoms with van der Waals surface area (Å²) in [6.07, 6.45) is -0.115. The van der Waals surface area contributed by atoms with Crippen molar-refractivity contribution in [2.24, 2.45) is 0 Å². The zero-order valence-electron chi connectivity index (χ0n) is 18.3. The van der Waals surface area contributed by atoms with E-state index in [1.54, 1.807) is 30.3 Å². The van der Waals surface area contributed by atoms with Crippen LogP contribution in [0.15, 0.2) is 72.3 Å². The summed E-state index contributed by atoms with van der Waals surface area (Å²) < 4.78 is 20.6. The third-order valence-corrected chi connectivity index (χ3v) is 6.04. The first-order valence-corrected chi connectivity index (χ1v) is 11.2. The molecule has 0 aliphatic carbocycles. The molecule has 8 heteroatoms. The van der Waals surface area contributed by atoms with E-state index < -0.39 is 29.3 Å². The fraction of sp³-hybridized carbons (Fsp3) is 0.154. The van der Waals surface area contributed by atoms with Gasteiger partial charge in [-0.2, -0.15) is 0 Å². The fourth-order valence-electron chi connectivity index (χ4n) is 3.87. The van der Waals surface area contributed by atoms with Crippen LogP contribution in [0.25, 0.3) is 5.76 Å². The lowest BCUT2D eigenvalue weighted by atomic mass is 9.94. The summed E-state index contributed by atoms with van der Waals surface area (Å²) in [5, 5.41) is 11.6. The highest BCUT2D eigenvalue weighted by molar-refractivity contribution is 6.52. The zero-order valence-corrected chi connectivity index (χ0v) is 19.8. The van der Waals surface area contributed by atoms with Gasteiger partial charge in [0.05, 0.1) is 27.8 Å². The number of rotatable bonds is 5. The number of carbonyl (C=O) groups excluding carboxylic acids is 2. The van der Waals surface area contributed by atoms with Gasteiger partial charge < -0.3 is 9.84 Å². The molecule has 1 aliphatic rings. The highest BCUT2D eigenvalue weighted by atomic mass is 35.5. The summed E-state index contributed by atoms with van der Waals surface area (Å²) in [7, 11) is 0. The monoisotopic (exact) mass is 499 g/mol. The molecule has 1 unspecified atom stereocenters. The van der Waals surface area contributed by atoms with E-state index in [0.29, 0.717) is 5.75 Å². The predicted molar refractivity (Wildman–Crippen MR) is 130 cm³/mol. The van der Waals surface area contributed by atoms with Crippen LogP contribution in [0.3, 0.4) is 0 Å². The van der Waals surface area contributed by atoms with Crippen molar-refractivity contribution >= 4 is 46.3 Å². The van der Waals surface area contributed by atoms with Gasteiger partial charge in [-0.3, -0.25) is 14.5 Å². The van der Waals surface area contributed by atoms with Crippen molar-refractivity contribution in [3.8, 4) is 5.75 Å². The Morgan fingerprint density at radius 2 is 1.74 bits per heavy atom. The number of carbonyl (C=O) groups is 2. The van der Waals surface area contributed by atoms with Gasteiger partial charge in [0.25, 0.3) is 11.7 Å². The summed E-state index contributed by atoms with van der Waals surface area (Å²) in [6, 6.07) is 15.4. The maximum absolute atomic E-state index is 15.0. The molecule has 1 amide bonds. The van der Waals surface area contributed by atoms with Crippen molar-refractivity contribution in [2.75, 3.05) is 4.90 Å². The Bertz CT molecular complexity index is 1320. The molecule has 0 radical (unpaired) electrons. The molecule has 1 saturated heterocycles. The van der Waals surface area contributed by atoms with Gasteiger partial charge in [0.2, 0.25) is 0 Å². The highest BCUT2D eigenvalue weighted by Gasteiger charge is 2.48. The van der Waals surface area contributed by atoms with Gasteiger partial charge in [-0.15, -0.1) is 0 Å². The third-order valence-electron chi connectivity index (χ3n) is 5.30. The minimum Gasteiger partial charge on any atom is -0.507 e. The number of anilines is 1. The number of hydrogen-bond acceptors (Lipinski definition) is 4. The van der Waals surface area contributed by atoms with Crippen molar-refractivity contribution in [3.05, 3.63) is 99.3 Å². The lowest BCUT2D eigenvalue weighted by molar-refractivity contribution is -0.132. The minimum atomic E-state index is -1.23. The fourth-order valence-corrected chi connectivity index (χ4v) is 4.16. The van der Waals surface area contributed by atoms with Crippen molar-refractivity contribution in [3.63, 3.8) is 0 Å². The van der Waals surface area contributed by atoms with Gasteiger partial charge in [-0.25, -0.2) is 4.39 Å². The van der Waals surface area contributed by atoms with Gasteiger partial charge in [-0.1, -0.05) is 53.5 Å². The van der Waals surface area contributed by atoms with Crippen molar-refractivity contribution in [2.45, 2.75) is 26.0 Å². The molecule has 34 heavy (non-hydrogen) atoms. The Kier molecular flexibility index (Phi) is 6.64. The smallest absolute Gasteiger partial charge is 0.300 e. The first kappa shape index (κ1) is 23.8. The molecule has 3 aromatic carbocycles. The molecule has 1 N–H and O–H groups in total. The van der Waals surface area contributed by atoms with E-state index in [0.717, 1.165) is 4.90 Å². The molecule has 174 valence electrons. The summed E-state index contributed by atoms with van der Waals surface area (Å²) >= 11 is 12.2. The first-order valence-electron chi connectivity index (χ1n) is 10.5. The van der Waals surface area contributed by atoms with Gasteiger partial charge in [-0.05, 0) is 50.2 Å². The summed E-state index contributed by atoms with van der Waals surface area (Å²) in [5.41, 5.74) is 0.291. The van der Waals surface area contributed by atoms with Crippen LogP contribution in [-0.2, 0) is 9.59 Å². The summed E-state index contributed by atoms with van der Waals surface area (Å²) in [5.74, 6) is -2.49. The molecule has 5 nitrogen and oxygen atoms in total. The molecular weight excluding hydrogens is 480 g/mol. The molecule has 0 aromatic heterocycles. The Morgan fingerprint density at radius 3 is 2.41 bits per heavy atom. The van der Waals surface area contributed by atoms with Crippen LogP contribution in [0.2, 0.25) is 10.0 Å². The van der Waals surface area contributed by atoms with Gasteiger partial charge in [0.1, 0.15) is 17.3 Å². The van der Waals surface area contributed by atoms with Crippen LogP contribution in [-0.4, -0.2) is 22.9 Å². The number of halogens is 3. The topological polar surface area (TPSA) is 66.8 Å². The van der Waals surface area contributed by atoms with Crippen LogP contribution >= 0.6 is 23.2 Å². The number of aliphatic hydroxyl groups is 1. The second kappa shape index (κ2) is 9.49. The zero-order chi connectivity index (χ0) is 24.6. The molecule has 0 saturated carbocycles. The number of amides is 1. The Balaban J connectivity index is 1.94. The molecule has 0 spiro atoms. The van der Waals surface area contributed by atoms with Crippen LogP contribution < -0.4 is 9.64 Å². The lowest BCUT2D eigenvalue weighted by Crippen LogP contribution is -2.29. The average Bonchev–Trinajstić information content (AvgIpc) is 3.05. The van der Waals surface area contributed by atoms with E-state index in [9.17, 15) is 19.1 Å². The van der Waals surface area contributed by atoms with Crippen molar-refractivity contribution in [1.29, 1.82) is 0 Å². The SMILES string of the molecule is CC(C)Oc1cccc(/C(O)=C2\C(=O)C(=O)N(c3ccc(Cl)c(Cl)c3)C2c2ccccc2F)c1. The van der Waals surface area contributed by atoms with E-state index in [4.69, 9.17) is 27.9 Å². The van der Waals surface area contributed by atoms with Crippen LogP contribution in [0.5, 0.6) is 5.75 Å². The quantitative estimate of drug-likeness (QED) is 0.245. The first-order chi connectivity index (χ1) is 16.2. The maximum Gasteiger partial charge on any atom is 0.300 e. The Morgan fingerprint density at radius 1 is 1.00 bits per heavy atom. The van der Waals surface area contributed by atoms with E-state index in [1.807, 2.05) is 13.8 Å². The Hall–Kier alpha value is -3.35. The van der Waals surface area contributed by atoms with Crippen LogP contribution in [0, 0.1) is 5.82 Å². The standard InChI is InChI=1S/C26H20Cl2FNO4/c1-14(2)34-17-7-5-6-15(12-17)24(31)22-23(18-8-3-4-9-21(18)29)30(26(33)25(22)32)16-10-11-19(27)20(28)13-16/h3-14,23,31H,1-2H3/b24-22+. The normalized spacial score (nSPS) is 17.5. The number of benzene rings is 3. The van der Waals surface area contributed by atoms with E-state index >= 15 is 0 Å². The number of ketones is 1. The maximum atomic E-state index is 15.0. The lowest BCUT2D eigenvalue weighted by Gasteiger charge is -2.26. The number of nitrogens with zero attached hydrogens (tertiary/aromatic N) is 1. The summed E-state index contributed by atoms with van der Waals surface area (Å²) in [4.78, 5) is 27.5. The average molecular weight is 500 g/mol. The van der Waals surface area contributed by atoms with Gasteiger partial charge in [0.15, 0.2) is 0 Å². The number of Topliss-reactive ketones (excluding diaryl/α,β-unsaturated/α-hetero) is 1. The second-order valence-electron chi connectivity index (χ2n) is 7.98. The van der Waals surface area contributed by atoms with Crippen molar-refractivity contribution in [1.82, 2.24) is 0 Å². The van der Waals surface area contributed by atoms with E-state index in [-0.39, 0.29) is 38.5 Å². The number of ether oxygens (including phenoxy) is 1. The van der Waals surface area contributed by atoms with Crippen molar-refractivity contribution < 1.29 is 23.8 Å². The predicted octanol–water partition coefficient (Wildman–Crippen LogP) is 6.55. The molecule has 3 aromatic rings. The van der Waals surface area contributed by atoms with Crippen LogP contribution in [0.1, 0.15) is 31.0 Å². The minimum absolute atomic E-state index is 0.0453.